The lowest BCUT2D eigenvalue weighted by atomic mass is 9.97. The molecule has 0 aliphatic carbocycles. The van der Waals surface area contributed by atoms with E-state index in [9.17, 15) is 35.7 Å². The van der Waals surface area contributed by atoms with Crippen molar-refractivity contribution in [3.8, 4) is 0 Å². The fourth-order valence-electron chi connectivity index (χ4n) is 3.65. The summed E-state index contributed by atoms with van der Waals surface area (Å²) in [5.74, 6) is 0. The molecule has 0 aromatic carbocycles. The van der Waals surface area contributed by atoms with Gasteiger partial charge in [0.1, 0.15) is 48.8 Å². The van der Waals surface area contributed by atoms with Gasteiger partial charge in [0.15, 0.2) is 12.6 Å². The summed E-state index contributed by atoms with van der Waals surface area (Å²) < 4.78 is 22.4. The first-order valence-corrected chi connectivity index (χ1v) is 10.6. The molecule has 0 saturated carbocycles. The lowest BCUT2D eigenvalue weighted by molar-refractivity contribution is -0.370. The van der Waals surface area contributed by atoms with E-state index in [1.54, 1.807) is 6.08 Å². The van der Waals surface area contributed by atoms with Gasteiger partial charge in [0, 0.05) is 0 Å². The number of unbranched alkanes of at least 4 members (excludes halogenated alkanes) is 2. The molecule has 0 aromatic rings. The van der Waals surface area contributed by atoms with E-state index in [-0.39, 0.29) is 0 Å². The maximum absolute atomic E-state index is 10.6. The summed E-state index contributed by atoms with van der Waals surface area (Å²) >= 11 is 0. The Labute approximate surface area is 181 Å². The van der Waals surface area contributed by atoms with Gasteiger partial charge in [-0.3, -0.25) is 0 Å². The fourth-order valence-corrected chi connectivity index (χ4v) is 3.65. The van der Waals surface area contributed by atoms with Crippen molar-refractivity contribution >= 4 is 0 Å². The molecule has 0 aromatic heterocycles. The van der Waals surface area contributed by atoms with Crippen LogP contribution in [0.25, 0.3) is 0 Å². The van der Waals surface area contributed by atoms with Crippen molar-refractivity contribution in [1.29, 1.82) is 0 Å². The standard InChI is InChI=1S/C20H36O11/c1-3-5-6-7-10(4-2)28-20-18(16(26)14(24)12(9-22)30-20)31-19-17(27)15(25)13(23)11(8-21)29-19/h4,10-27H,2-3,5-9H2,1H3/t10-,11+,12+,13+,14+,15-,16-,17+,18+,19-,20+/m0/s1. The van der Waals surface area contributed by atoms with E-state index in [0.717, 1.165) is 19.3 Å². The smallest absolute Gasteiger partial charge is 0.187 e. The Balaban J connectivity index is 2.17. The minimum absolute atomic E-state index is 0.473. The summed E-state index contributed by atoms with van der Waals surface area (Å²) in [6.07, 6.45) is -10.1. The third-order valence-corrected chi connectivity index (χ3v) is 5.63. The number of ether oxygens (including phenoxy) is 4. The second kappa shape index (κ2) is 12.5. The third kappa shape index (κ3) is 6.42. The normalized spacial score (nSPS) is 42.3. The van der Waals surface area contributed by atoms with Gasteiger partial charge in [-0.1, -0.05) is 32.3 Å². The fraction of sp³-hybridized carbons (Fsp3) is 0.900. The Morgan fingerprint density at radius 2 is 1.42 bits per heavy atom. The molecule has 0 bridgehead atoms. The first-order chi connectivity index (χ1) is 14.8. The summed E-state index contributed by atoms with van der Waals surface area (Å²) in [6.45, 7) is 4.55. The molecule has 7 N–H and O–H groups in total. The first-order valence-electron chi connectivity index (χ1n) is 10.6. The van der Waals surface area contributed by atoms with Crippen LogP contribution in [-0.4, -0.2) is 116 Å². The highest BCUT2D eigenvalue weighted by Crippen LogP contribution is 2.30. The van der Waals surface area contributed by atoms with Gasteiger partial charge in [-0.2, -0.15) is 0 Å². The Morgan fingerprint density at radius 3 is 1.97 bits per heavy atom. The van der Waals surface area contributed by atoms with E-state index in [2.05, 4.69) is 13.5 Å². The van der Waals surface area contributed by atoms with Crippen LogP contribution in [0.4, 0.5) is 0 Å². The van der Waals surface area contributed by atoms with Crippen molar-refractivity contribution in [3.63, 3.8) is 0 Å². The maximum atomic E-state index is 10.6. The van der Waals surface area contributed by atoms with Gasteiger partial charge in [-0.25, -0.2) is 0 Å². The van der Waals surface area contributed by atoms with E-state index in [0.29, 0.717) is 6.42 Å². The van der Waals surface area contributed by atoms with Crippen LogP contribution in [0.5, 0.6) is 0 Å². The number of rotatable bonds is 11. The number of hydrogen-bond acceptors (Lipinski definition) is 11. The summed E-state index contributed by atoms with van der Waals surface area (Å²) in [4.78, 5) is 0. The Kier molecular flexibility index (Phi) is 10.7. The van der Waals surface area contributed by atoms with Crippen LogP contribution in [0, 0.1) is 0 Å². The van der Waals surface area contributed by atoms with Crippen LogP contribution in [0.2, 0.25) is 0 Å². The monoisotopic (exact) mass is 452 g/mol. The van der Waals surface area contributed by atoms with E-state index in [1.165, 1.54) is 0 Å². The van der Waals surface area contributed by atoms with E-state index in [1.807, 2.05) is 0 Å². The lowest BCUT2D eigenvalue weighted by Crippen LogP contribution is -2.64. The highest BCUT2D eigenvalue weighted by Gasteiger charge is 2.51. The van der Waals surface area contributed by atoms with Crippen LogP contribution in [-0.2, 0) is 18.9 Å². The van der Waals surface area contributed by atoms with E-state index in [4.69, 9.17) is 18.9 Å². The molecule has 182 valence electrons. The van der Waals surface area contributed by atoms with Crippen LogP contribution in [0.1, 0.15) is 32.6 Å². The third-order valence-electron chi connectivity index (χ3n) is 5.63. The number of hydrogen-bond donors (Lipinski definition) is 7. The minimum Gasteiger partial charge on any atom is -0.394 e. The molecule has 2 saturated heterocycles. The molecule has 11 heteroatoms. The Bertz CT molecular complexity index is 533. The van der Waals surface area contributed by atoms with Gasteiger partial charge in [0.25, 0.3) is 0 Å². The summed E-state index contributed by atoms with van der Waals surface area (Å²) in [5, 5.41) is 69.8. The van der Waals surface area contributed by atoms with Crippen molar-refractivity contribution < 1.29 is 54.7 Å². The molecular formula is C20H36O11. The molecule has 2 aliphatic heterocycles. The predicted molar refractivity (Wildman–Crippen MR) is 106 cm³/mol. The van der Waals surface area contributed by atoms with Gasteiger partial charge in [-0.05, 0) is 6.42 Å². The molecular weight excluding hydrogens is 416 g/mol. The van der Waals surface area contributed by atoms with Crippen LogP contribution < -0.4 is 0 Å². The van der Waals surface area contributed by atoms with Crippen molar-refractivity contribution in [2.75, 3.05) is 13.2 Å². The van der Waals surface area contributed by atoms with E-state index >= 15 is 0 Å². The van der Waals surface area contributed by atoms with Crippen LogP contribution in [0.15, 0.2) is 12.7 Å². The van der Waals surface area contributed by atoms with Crippen LogP contribution in [0.3, 0.4) is 0 Å². The largest absolute Gasteiger partial charge is 0.394 e. The number of aliphatic hydroxyl groups is 7. The highest BCUT2D eigenvalue weighted by atomic mass is 16.8. The minimum atomic E-state index is -1.71. The zero-order chi connectivity index (χ0) is 23.1. The van der Waals surface area contributed by atoms with Gasteiger partial charge in [0.05, 0.1) is 19.3 Å². The van der Waals surface area contributed by atoms with E-state index < -0.39 is 80.7 Å². The second-order valence-corrected chi connectivity index (χ2v) is 7.91. The first kappa shape index (κ1) is 26.6. The van der Waals surface area contributed by atoms with Crippen molar-refractivity contribution in [2.45, 2.75) is 100 Å². The molecule has 2 heterocycles. The Hall–Kier alpha value is -0.700. The average molecular weight is 452 g/mol. The SMILES string of the molecule is C=C[C@@H](CCCCC)O[C@@H]1O[C@H](CO)[C@@H](O)[C@H](O)[C@H]1O[C@@H]1O[C@H](CO)[C@@H](O)[C@H](O)[C@H]1O. The van der Waals surface area contributed by atoms with Crippen LogP contribution >= 0.6 is 0 Å². The lowest BCUT2D eigenvalue weighted by Gasteiger charge is -2.46. The van der Waals surface area contributed by atoms with Crippen molar-refractivity contribution in [2.24, 2.45) is 0 Å². The second-order valence-electron chi connectivity index (χ2n) is 7.91. The molecule has 0 radical (unpaired) electrons. The quantitative estimate of drug-likeness (QED) is 0.133. The summed E-state index contributed by atoms with van der Waals surface area (Å²) in [6, 6.07) is 0. The van der Waals surface area contributed by atoms with Crippen molar-refractivity contribution in [1.82, 2.24) is 0 Å². The summed E-state index contributed by atoms with van der Waals surface area (Å²) in [7, 11) is 0. The molecule has 2 aliphatic rings. The highest BCUT2D eigenvalue weighted by molar-refractivity contribution is 4.94. The number of aliphatic hydroxyl groups excluding tert-OH is 7. The molecule has 31 heavy (non-hydrogen) atoms. The molecule has 0 unspecified atom stereocenters. The zero-order valence-electron chi connectivity index (χ0n) is 17.6. The van der Waals surface area contributed by atoms with Gasteiger partial charge in [-0.15, -0.1) is 6.58 Å². The summed E-state index contributed by atoms with van der Waals surface area (Å²) in [5.41, 5.74) is 0. The van der Waals surface area contributed by atoms with Gasteiger partial charge >= 0.3 is 0 Å². The van der Waals surface area contributed by atoms with Crippen molar-refractivity contribution in [3.05, 3.63) is 12.7 Å². The topological polar surface area (TPSA) is 179 Å². The molecule has 2 fully saturated rings. The van der Waals surface area contributed by atoms with Gasteiger partial charge in [0.2, 0.25) is 0 Å². The Morgan fingerprint density at radius 1 is 0.839 bits per heavy atom. The predicted octanol–water partition coefficient (Wildman–Crippen LogP) is -2.24. The molecule has 0 spiro atoms. The average Bonchev–Trinajstić information content (AvgIpc) is 2.77. The molecule has 11 nitrogen and oxygen atoms in total. The molecule has 0 amide bonds. The van der Waals surface area contributed by atoms with Gasteiger partial charge < -0.3 is 54.7 Å². The molecule has 2 rings (SSSR count). The zero-order valence-corrected chi connectivity index (χ0v) is 17.6. The molecule has 11 atom stereocenters. The maximum Gasteiger partial charge on any atom is 0.187 e.